The average Bonchev–Trinajstić information content (AvgIpc) is 3.06. The summed E-state index contributed by atoms with van der Waals surface area (Å²) < 4.78 is 35.3. The van der Waals surface area contributed by atoms with E-state index in [1.807, 2.05) is 44.2 Å². The lowest BCUT2D eigenvalue weighted by Gasteiger charge is -2.34. The molecule has 0 spiro atoms. The summed E-state index contributed by atoms with van der Waals surface area (Å²) in [6.07, 6.45) is 0.227. The van der Waals surface area contributed by atoms with E-state index in [1.165, 1.54) is 17.0 Å². The van der Waals surface area contributed by atoms with Crippen LogP contribution in [0.4, 0.5) is 5.69 Å². The number of amides is 2. The van der Waals surface area contributed by atoms with Crippen LogP contribution in [0.2, 0.25) is 5.02 Å². The van der Waals surface area contributed by atoms with E-state index in [1.54, 1.807) is 73.7 Å². The van der Waals surface area contributed by atoms with E-state index in [2.05, 4.69) is 5.32 Å². The molecule has 1 N–H and O–H groups in total. The van der Waals surface area contributed by atoms with E-state index >= 15 is 0 Å². The van der Waals surface area contributed by atoms with E-state index in [9.17, 15) is 18.0 Å². The Kier molecular flexibility index (Phi) is 12.2. The fraction of sp³-hybridized carbons (Fsp3) is 0.278. The van der Waals surface area contributed by atoms with Crippen molar-refractivity contribution in [2.45, 2.75) is 44.7 Å². The summed E-state index contributed by atoms with van der Waals surface area (Å²) in [5, 5.41) is 3.53. The third-order valence-corrected chi connectivity index (χ3v) is 9.29. The molecular weight excluding hydrogens is 622 g/mol. The number of para-hydroxylation sites is 2. The van der Waals surface area contributed by atoms with E-state index in [4.69, 9.17) is 16.3 Å². The van der Waals surface area contributed by atoms with Gasteiger partial charge in [-0.1, -0.05) is 98.2 Å². The molecule has 4 aromatic rings. The van der Waals surface area contributed by atoms with E-state index in [-0.39, 0.29) is 35.4 Å². The number of benzene rings is 4. The Morgan fingerprint density at radius 1 is 0.826 bits per heavy atom. The van der Waals surface area contributed by atoms with Gasteiger partial charge in [-0.15, -0.1) is 0 Å². The summed E-state index contributed by atoms with van der Waals surface area (Å²) in [6.45, 7) is 5.98. The number of hydrogen-bond donors (Lipinski definition) is 1. The van der Waals surface area contributed by atoms with Crippen molar-refractivity contribution in [1.82, 2.24) is 10.2 Å². The van der Waals surface area contributed by atoms with Crippen LogP contribution in [0.15, 0.2) is 114 Å². The zero-order chi connectivity index (χ0) is 33.1. The highest BCUT2D eigenvalue weighted by Gasteiger charge is 2.35. The fourth-order valence-corrected chi connectivity index (χ4v) is 6.51. The van der Waals surface area contributed by atoms with Gasteiger partial charge in [0.05, 0.1) is 17.2 Å². The molecule has 0 fully saturated rings. The Balaban J connectivity index is 1.82. The van der Waals surface area contributed by atoms with Gasteiger partial charge < -0.3 is 15.0 Å². The first-order valence-electron chi connectivity index (χ1n) is 15.2. The maximum Gasteiger partial charge on any atom is 0.264 e. The van der Waals surface area contributed by atoms with Gasteiger partial charge in [0.1, 0.15) is 18.3 Å². The fourth-order valence-electron chi connectivity index (χ4n) is 4.94. The van der Waals surface area contributed by atoms with Crippen molar-refractivity contribution >= 4 is 39.1 Å². The van der Waals surface area contributed by atoms with Crippen LogP contribution in [-0.2, 0) is 32.6 Å². The van der Waals surface area contributed by atoms with Crippen molar-refractivity contribution in [1.29, 1.82) is 0 Å². The third kappa shape index (κ3) is 9.11. The second kappa shape index (κ2) is 16.3. The minimum atomic E-state index is -4.24. The van der Waals surface area contributed by atoms with Crippen molar-refractivity contribution in [3.63, 3.8) is 0 Å². The monoisotopic (exact) mass is 661 g/mol. The summed E-state index contributed by atoms with van der Waals surface area (Å²) in [5.74, 6) is -0.381. The second-order valence-electron chi connectivity index (χ2n) is 11.2. The zero-order valence-corrected chi connectivity index (χ0v) is 27.9. The first-order chi connectivity index (χ1) is 22.1. The van der Waals surface area contributed by atoms with E-state index in [0.717, 1.165) is 15.4 Å². The van der Waals surface area contributed by atoms with Gasteiger partial charge in [0.15, 0.2) is 0 Å². The number of halogens is 1. The molecule has 0 saturated carbocycles. The molecule has 8 nitrogen and oxygen atoms in total. The highest BCUT2D eigenvalue weighted by molar-refractivity contribution is 7.92. The Hall–Kier alpha value is -4.34. The normalized spacial score (nSPS) is 11.9. The Morgan fingerprint density at radius 3 is 2.07 bits per heavy atom. The first kappa shape index (κ1) is 34.5. The smallest absolute Gasteiger partial charge is 0.264 e. The molecule has 4 rings (SSSR count). The number of sulfonamides is 1. The maximum absolute atomic E-state index is 14.6. The molecule has 0 aromatic heterocycles. The SMILES string of the molecule is CCOc1ccccc1N(CC(=O)N(Cc1ccc(Cl)cc1)[C@@H](Cc1ccccc1)C(=O)NCC(C)C)S(=O)(=O)c1ccccc1. The van der Waals surface area contributed by atoms with Gasteiger partial charge in [-0.25, -0.2) is 8.42 Å². The topological polar surface area (TPSA) is 96.0 Å². The molecule has 0 unspecified atom stereocenters. The molecule has 0 heterocycles. The van der Waals surface area contributed by atoms with Gasteiger partial charge in [0.25, 0.3) is 10.0 Å². The van der Waals surface area contributed by atoms with Crippen LogP contribution in [-0.4, -0.2) is 50.9 Å². The van der Waals surface area contributed by atoms with E-state index in [0.29, 0.717) is 23.9 Å². The Morgan fingerprint density at radius 2 is 1.43 bits per heavy atom. The van der Waals surface area contributed by atoms with Gasteiger partial charge in [0.2, 0.25) is 11.8 Å². The van der Waals surface area contributed by atoms with Gasteiger partial charge in [-0.2, -0.15) is 0 Å². The molecule has 0 radical (unpaired) electrons. The molecular formula is C36H40ClN3O5S. The second-order valence-corrected chi connectivity index (χ2v) is 13.5. The van der Waals surface area contributed by atoms with Crippen molar-refractivity contribution in [2.24, 2.45) is 5.92 Å². The summed E-state index contributed by atoms with van der Waals surface area (Å²) in [7, 11) is -4.24. The van der Waals surface area contributed by atoms with Crippen LogP contribution >= 0.6 is 11.6 Å². The number of carbonyl (C=O) groups excluding carboxylic acids is 2. The van der Waals surface area contributed by atoms with E-state index < -0.39 is 28.5 Å². The number of ether oxygens (including phenoxy) is 1. The van der Waals surface area contributed by atoms with Crippen LogP contribution in [0.25, 0.3) is 0 Å². The maximum atomic E-state index is 14.6. The van der Waals surface area contributed by atoms with Crippen molar-refractivity contribution < 1.29 is 22.7 Å². The molecule has 1 atom stereocenters. The lowest BCUT2D eigenvalue weighted by atomic mass is 10.0. The molecule has 0 aliphatic heterocycles. The quantitative estimate of drug-likeness (QED) is 0.160. The van der Waals surface area contributed by atoms with Crippen molar-refractivity contribution in [3.05, 3.63) is 125 Å². The molecule has 242 valence electrons. The lowest BCUT2D eigenvalue weighted by molar-refractivity contribution is -0.140. The molecule has 4 aromatic carbocycles. The Labute approximate surface area is 277 Å². The minimum absolute atomic E-state index is 0.0221. The number of carbonyl (C=O) groups is 2. The van der Waals surface area contributed by atoms with Crippen LogP contribution in [0.5, 0.6) is 5.75 Å². The minimum Gasteiger partial charge on any atom is -0.492 e. The first-order valence-corrected chi connectivity index (χ1v) is 17.1. The summed E-state index contributed by atoms with van der Waals surface area (Å²) in [5.41, 5.74) is 1.81. The number of nitrogens with zero attached hydrogens (tertiary/aromatic N) is 2. The van der Waals surface area contributed by atoms with Crippen molar-refractivity contribution in [3.8, 4) is 5.75 Å². The summed E-state index contributed by atoms with van der Waals surface area (Å²) in [6, 6.07) is 30.2. The van der Waals surface area contributed by atoms with Crippen LogP contribution in [0.1, 0.15) is 31.9 Å². The van der Waals surface area contributed by atoms with Gasteiger partial charge in [0, 0.05) is 24.5 Å². The highest BCUT2D eigenvalue weighted by Crippen LogP contribution is 2.33. The molecule has 0 aliphatic rings. The van der Waals surface area contributed by atoms with Gasteiger partial charge in [-0.3, -0.25) is 13.9 Å². The zero-order valence-electron chi connectivity index (χ0n) is 26.3. The molecule has 46 heavy (non-hydrogen) atoms. The van der Waals surface area contributed by atoms with Crippen LogP contribution in [0, 0.1) is 5.92 Å². The molecule has 0 aliphatic carbocycles. The third-order valence-electron chi connectivity index (χ3n) is 7.27. The lowest BCUT2D eigenvalue weighted by Crippen LogP contribution is -2.53. The summed E-state index contributed by atoms with van der Waals surface area (Å²) in [4.78, 5) is 30.0. The predicted octanol–water partition coefficient (Wildman–Crippen LogP) is 6.35. The average molecular weight is 662 g/mol. The highest BCUT2D eigenvalue weighted by atomic mass is 35.5. The number of hydrogen-bond acceptors (Lipinski definition) is 5. The van der Waals surface area contributed by atoms with Gasteiger partial charge >= 0.3 is 0 Å². The molecule has 0 bridgehead atoms. The summed E-state index contributed by atoms with van der Waals surface area (Å²) >= 11 is 6.16. The largest absolute Gasteiger partial charge is 0.492 e. The Bertz CT molecular complexity index is 1680. The standard InChI is InChI=1S/C36H40ClN3O5S/c1-4-45-34-18-12-11-17-32(34)40(46(43,44)31-15-9-6-10-16-31)26-35(41)39(25-29-19-21-30(37)22-20-29)33(36(42)38-24-27(2)3)23-28-13-7-5-8-14-28/h5-22,27,33H,4,23-26H2,1-3H3,(H,38,42)/t33-/m0/s1. The van der Waals surface area contributed by atoms with Crippen LogP contribution < -0.4 is 14.4 Å². The molecule has 0 saturated heterocycles. The number of anilines is 1. The number of nitrogens with one attached hydrogen (secondary N) is 1. The van der Waals surface area contributed by atoms with Crippen molar-refractivity contribution in [2.75, 3.05) is 24.0 Å². The van der Waals surface area contributed by atoms with Gasteiger partial charge in [-0.05, 0) is 60.4 Å². The number of rotatable bonds is 15. The predicted molar refractivity (Wildman–Crippen MR) is 182 cm³/mol. The molecule has 2 amide bonds. The van der Waals surface area contributed by atoms with Crippen LogP contribution in [0.3, 0.4) is 0 Å². The molecule has 10 heteroatoms.